The molecule has 1 N–H and O–H groups in total. The van der Waals surface area contributed by atoms with Crippen LogP contribution < -0.4 is 4.72 Å². The van der Waals surface area contributed by atoms with E-state index in [4.69, 9.17) is 11.6 Å². The minimum absolute atomic E-state index is 0.143. The zero-order valence-corrected chi connectivity index (χ0v) is 12.8. The molecule has 0 rings (SSSR count). The second kappa shape index (κ2) is 8.29. The smallest absolute Gasteiger partial charge is 0.201 e. The Morgan fingerprint density at radius 2 is 1.59 bits per heavy atom. The molecule has 17 heavy (non-hydrogen) atoms. The monoisotopic (exact) mass is 284 g/mol. The lowest BCUT2D eigenvalue weighted by molar-refractivity contribution is 0.422. The Morgan fingerprint density at radius 3 is 1.94 bits per heavy atom. The number of halogens is 1. The first kappa shape index (κ1) is 17.2. The summed E-state index contributed by atoms with van der Waals surface area (Å²) in [6.07, 6.45) is 1.94. The van der Waals surface area contributed by atoms with E-state index in [1.54, 1.807) is 0 Å². The minimum atomic E-state index is -3.37. The van der Waals surface area contributed by atoms with Gasteiger partial charge in [0.15, 0.2) is 0 Å². The topological polar surface area (TPSA) is 49.4 Å². The van der Waals surface area contributed by atoms with Gasteiger partial charge in [0.05, 0.1) is 0 Å². The molecule has 0 fully saturated rings. The van der Waals surface area contributed by atoms with E-state index < -0.39 is 10.2 Å². The molecule has 0 aliphatic heterocycles. The van der Waals surface area contributed by atoms with E-state index in [0.717, 1.165) is 12.8 Å². The highest BCUT2D eigenvalue weighted by Crippen LogP contribution is 2.18. The lowest BCUT2D eigenvalue weighted by atomic mass is 9.99. The van der Waals surface area contributed by atoms with Gasteiger partial charge in [-0.2, -0.15) is 12.7 Å². The SMILES string of the molecule is CCC(CC)C(Cl)CNS(=O)(=O)N(CC)CC. The van der Waals surface area contributed by atoms with Gasteiger partial charge < -0.3 is 0 Å². The summed E-state index contributed by atoms with van der Waals surface area (Å²) in [5, 5.41) is -0.143. The Hall–Kier alpha value is 0.160. The van der Waals surface area contributed by atoms with Gasteiger partial charge in [-0.15, -0.1) is 11.6 Å². The zero-order chi connectivity index (χ0) is 13.5. The third-order valence-corrected chi connectivity index (χ3v) is 5.30. The Balaban J connectivity index is 4.36. The maximum Gasteiger partial charge on any atom is 0.279 e. The molecule has 0 aliphatic rings. The van der Waals surface area contributed by atoms with Crippen LogP contribution in [-0.4, -0.2) is 37.7 Å². The average Bonchev–Trinajstić information content (AvgIpc) is 2.29. The lowest BCUT2D eigenvalue weighted by Gasteiger charge is -2.23. The van der Waals surface area contributed by atoms with Crippen molar-refractivity contribution in [3.63, 3.8) is 0 Å². The molecule has 0 spiro atoms. The summed E-state index contributed by atoms with van der Waals surface area (Å²) >= 11 is 6.20. The number of alkyl halides is 1. The Bertz CT molecular complexity index is 288. The van der Waals surface area contributed by atoms with E-state index in [2.05, 4.69) is 18.6 Å². The maximum atomic E-state index is 11.9. The van der Waals surface area contributed by atoms with E-state index in [1.165, 1.54) is 4.31 Å². The lowest BCUT2D eigenvalue weighted by Crippen LogP contribution is -2.43. The molecule has 0 saturated heterocycles. The average molecular weight is 285 g/mol. The summed E-state index contributed by atoms with van der Waals surface area (Å²) in [6, 6.07) is 0. The van der Waals surface area contributed by atoms with Crippen LogP contribution in [0.2, 0.25) is 0 Å². The van der Waals surface area contributed by atoms with Gasteiger partial charge in [0.25, 0.3) is 10.2 Å². The first-order valence-corrected chi connectivity index (χ1v) is 8.19. The van der Waals surface area contributed by atoms with E-state index in [1.807, 2.05) is 13.8 Å². The van der Waals surface area contributed by atoms with Crippen molar-refractivity contribution < 1.29 is 8.42 Å². The predicted octanol–water partition coefficient (Wildman–Crippen LogP) is 2.21. The van der Waals surface area contributed by atoms with Gasteiger partial charge in [0.1, 0.15) is 0 Å². The molecule has 0 heterocycles. The fraction of sp³-hybridized carbons (Fsp3) is 1.00. The van der Waals surface area contributed by atoms with Gasteiger partial charge in [0.2, 0.25) is 0 Å². The van der Waals surface area contributed by atoms with E-state index >= 15 is 0 Å². The molecule has 0 radical (unpaired) electrons. The summed E-state index contributed by atoms with van der Waals surface area (Å²) in [6.45, 7) is 9.04. The molecule has 0 amide bonds. The van der Waals surface area contributed by atoms with Crippen molar-refractivity contribution in [2.45, 2.75) is 45.9 Å². The van der Waals surface area contributed by atoms with Crippen LogP contribution in [0, 0.1) is 5.92 Å². The van der Waals surface area contributed by atoms with Crippen molar-refractivity contribution >= 4 is 21.8 Å². The molecule has 0 saturated carbocycles. The summed E-state index contributed by atoms with van der Waals surface area (Å²) < 4.78 is 27.7. The van der Waals surface area contributed by atoms with Crippen LogP contribution in [0.15, 0.2) is 0 Å². The highest BCUT2D eigenvalue weighted by atomic mass is 35.5. The largest absolute Gasteiger partial charge is 0.279 e. The van der Waals surface area contributed by atoms with Gasteiger partial charge >= 0.3 is 0 Å². The van der Waals surface area contributed by atoms with Crippen LogP contribution in [0.5, 0.6) is 0 Å². The summed E-state index contributed by atoms with van der Waals surface area (Å²) in [5.74, 6) is 0.357. The first-order chi connectivity index (χ1) is 7.92. The second-order valence-electron chi connectivity index (χ2n) is 4.03. The summed E-state index contributed by atoms with van der Waals surface area (Å²) in [5.41, 5.74) is 0. The van der Waals surface area contributed by atoms with Crippen LogP contribution >= 0.6 is 11.6 Å². The third kappa shape index (κ3) is 5.55. The fourth-order valence-electron chi connectivity index (χ4n) is 1.81. The molecule has 1 atom stereocenters. The van der Waals surface area contributed by atoms with Gasteiger partial charge in [-0.25, -0.2) is 4.72 Å². The number of hydrogen-bond acceptors (Lipinski definition) is 2. The van der Waals surface area contributed by atoms with Gasteiger partial charge in [-0.05, 0) is 5.92 Å². The maximum absolute atomic E-state index is 11.9. The van der Waals surface area contributed by atoms with Crippen LogP contribution in [0.4, 0.5) is 0 Å². The molecule has 0 bridgehead atoms. The number of nitrogens with zero attached hydrogens (tertiary/aromatic N) is 1. The van der Waals surface area contributed by atoms with Gasteiger partial charge in [-0.3, -0.25) is 0 Å². The highest BCUT2D eigenvalue weighted by molar-refractivity contribution is 7.87. The Kier molecular flexibility index (Phi) is 8.37. The van der Waals surface area contributed by atoms with Crippen molar-refractivity contribution in [2.24, 2.45) is 5.92 Å². The predicted molar refractivity (Wildman–Crippen MR) is 73.6 cm³/mol. The molecule has 4 nitrogen and oxygen atoms in total. The summed E-state index contributed by atoms with van der Waals surface area (Å²) in [7, 11) is -3.37. The standard InChI is InChI=1S/C11H25ClN2O2S/c1-5-10(6-2)11(12)9-13-17(15,16)14(7-3)8-4/h10-11,13H,5-9H2,1-4H3. The normalized spacial score (nSPS) is 14.5. The summed E-state index contributed by atoms with van der Waals surface area (Å²) in [4.78, 5) is 0. The quantitative estimate of drug-likeness (QED) is 0.660. The number of nitrogens with one attached hydrogen (secondary N) is 1. The van der Waals surface area contributed by atoms with Gasteiger partial charge in [0, 0.05) is 25.0 Å². The molecule has 0 aromatic carbocycles. The highest BCUT2D eigenvalue weighted by Gasteiger charge is 2.22. The number of rotatable bonds is 9. The van der Waals surface area contributed by atoms with Gasteiger partial charge in [-0.1, -0.05) is 40.5 Å². The third-order valence-electron chi connectivity index (χ3n) is 3.07. The zero-order valence-electron chi connectivity index (χ0n) is 11.2. The van der Waals surface area contributed by atoms with Crippen molar-refractivity contribution in [3.8, 4) is 0 Å². The van der Waals surface area contributed by atoms with Crippen LogP contribution in [-0.2, 0) is 10.2 Å². The van der Waals surface area contributed by atoms with Crippen molar-refractivity contribution in [3.05, 3.63) is 0 Å². The van der Waals surface area contributed by atoms with Crippen molar-refractivity contribution in [1.82, 2.24) is 9.03 Å². The molecule has 1 unspecified atom stereocenters. The Morgan fingerprint density at radius 1 is 1.12 bits per heavy atom. The van der Waals surface area contributed by atoms with Crippen LogP contribution in [0.1, 0.15) is 40.5 Å². The first-order valence-electron chi connectivity index (χ1n) is 6.31. The van der Waals surface area contributed by atoms with E-state index in [-0.39, 0.29) is 5.38 Å². The van der Waals surface area contributed by atoms with Crippen molar-refractivity contribution in [1.29, 1.82) is 0 Å². The molecule has 0 aliphatic carbocycles. The van der Waals surface area contributed by atoms with E-state index in [0.29, 0.717) is 25.6 Å². The molecular formula is C11H25ClN2O2S. The van der Waals surface area contributed by atoms with Crippen LogP contribution in [0.25, 0.3) is 0 Å². The molecule has 0 aromatic rings. The molecule has 6 heteroatoms. The minimum Gasteiger partial charge on any atom is -0.201 e. The Labute approximate surface area is 111 Å². The van der Waals surface area contributed by atoms with E-state index in [9.17, 15) is 8.42 Å². The molecule has 104 valence electrons. The fourth-order valence-corrected chi connectivity index (χ4v) is 3.58. The second-order valence-corrected chi connectivity index (χ2v) is 6.35. The van der Waals surface area contributed by atoms with Crippen molar-refractivity contribution in [2.75, 3.05) is 19.6 Å². The molecular weight excluding hydrogens is 260 g/mol. The molecule has 0 aromatic heterocycles. The number of hydrogen-bond donors (Lipinski definition) is 1. The van der Waals surface area contributed by atoms with Crippen LogP contribution in [0.3, 0.4) is 0 Å².